The van der Waals surface area contributed by atoms with Gasteiger partial charge in [-0.15, -0.1) is 0 Å². The Morgan fingerprint density at radius 3 is 1.79 bits per heavy atom. The molecule has 0 aromatic heterocycles. The third kappa shape index (κ3) is 3.82. The summed E-state index contributed by atoms with van der Waals surface area (Å²) in [6, 6.07) is 6.40. The summed E-state index contributed by atoms with van der Waals surface area (Å²) >= 11 is 6.95. The van der Waals surface area contributed by atoms with Crippen LogP contribution in [0.1, 0.15) is 49.2 Å². The molecule has 0 saturated carbocycles. The van der Waals surface area contributed by atoms with Gasteiger partial charge in [-0.25, -0.2) is 0 Å². The molecular formula is C15H21Br2NO. The van der Waals surface area contributed by atoms with Crippen LogP contribution in [0.3, 0.4) is 0 Å². The highest BCUT2D eigenvalue weighted by atomic mass is 79.9. The first-order valence-electron chi connectivity index (χ1n) is 6.49. The van der Waals surface area contributed by atoms with Gasteiger partial charge in [0.2, 0.25) is 0 Å². The summed E-state index contributed by atoms with van der Waals surface area (Å²) in [4.78, 5) is 14.8. The molecule has 0 saturated heterocycles. The van der Waals surface area contributed by atoms with Crippen molar-refractivity contribution in [3.8, 4) is 0 Å². The molecular weight excluding hydrogens is 370 g/mol. The van der Waals surface area contributed by atoms with E-state index in [2.05, 4.69) is 59.6 Å². The van der Waals surface area contributed by atoms with Gasteiger partial charge >= 0.3 is 0 Å². The number of halogens is 2. The van der Waals surface area contributed by atoms with Crippen molar-refractivity contribution in [2.24, 2.45) is 0 Å². The molecule has 0 spiro atoms. The Morgan fingerprint density at radius 1 is 1.05 bits per heavy atom. The van der Waals surface area contributed by atoms with Crippen LogP contribution in [0.15, 0.2) is 18.2 Å². The summed E-state index contributed by atoms with van der Waals surface area (Å²) in [6.07, 6.45) is 0. The number of rotatable bonds is 5. The van der Waals surface area contributed by atoms with Gasteiger partial charge in [0.25, 0.3) is 5.91 Å². The molecule has 4 heteroatoms. The van der Waals surface area contributed by atoms with Crippen molar-refractivity contribution in [3.05, 3.63) is 34.9 Å². The second-order valence-corrected chi connectivity index (χ2v) is 6.24. The highest BCUT2D eigenvalue weighted by Gasteiger charge is 2.25. The largest absolute Gasteiger partial charge is 0.334 e. The molecule has 0 fully saturated rings. The number of carbonyl (C=O) groups excluding carboxylic acids is 1. The zero-order chi connectivity index (χ0) is 14.6. The zero-order valence-electron chi connectivity index (χ0n) is 11.9. The van der Waals surface area contributed by atoms with Gasteiger partial charge in [-0.05, 0) is 38.8 Å². The minimum atomic E-state index is 0.120. The lowest BCUT2D eigenvalue weighted by Gasteiger charge is -2.32. The van der Waals surface area contributed by atoms with Crippen LogP contribution in [0.4, 0.5) is 0 Å². The highest BCUT2D eigenvalue weighted by molar-refractivity contribution is 9.08. The predicted molar refractivity (Wildman–Crippen MR) is 88.1 cm³/mol. The van der Waals surface area contributed by atoms with Crippen molar-refractivity contribution in [2.75, 3.05) is 0 Å². The van der Waals surface area contributed by atoms with Crippen LogP contribution in [-0.4, -0.2) is 22.9 Å². The normalized spacial score (nSPS) is 11.2. The van der Waals surface area contributed by atoms with Crippen molar-refractivity contribution < 1.29 is 4.79 Å². The molecule has 0 radical (unpaired) electrons. The second kappa shape index (κ2) is 7.44. The van der Waals surface area contributed by atoms with Gasteiger partial charge < -0.3 is 4.90 Å². The standard InChI is InChI=1S/C15H21Br2NO/c1-10(2)18(11(3)4)15(19)14-12(8-16)6-5-7-13(14)9-17/h5-7,10-11H,8-9H2,1-4H3. The highest BCUT2D eigenvalue weighted by Crippen LogP contribution is 2.23. The van der Waals surface area contributed by atoms with Gasteiger partial charge in [-0.2, -0.15) is 0 Å². The molecule has 2 nitrogen and oxygen atoms in total. The Kier molecular flexibility index (Phi) is 6.54. The van der Waals surface area contributed by atoms with Crippen LogP contribution in [0.2, 0.25) is 0 Å². The number of alkyl halides is 2. The lowest BCUT2D eigenvalue weighted by atomic mass is 10.0. The number of carbonyl (C=O) groups is 1. The summed E-state index contributed by atoms with van der Waals surface area (Å²) in [5.41, 5.74) is 2.93. The van der Waals surface area contributed by atoms with Gasteiger partial charge in [0, 0.05) is 28.3 Å². The van der Waals surface area contributed by atoms with Gasteiger partial charge in [0.15, 0.2) is 0 Å². The van der Waals surface area contributed by atoms with E-state index in [1.165, 1.54) is 0 Å². The van der Waals surface area contributed by atoms with E-state index < -0.39 is 0 Å². The Hall–Kier alpha value is -0.350. The maximum Gasteiger partial charge on any atom is 0.254 e. The molecule has 0 heterocycles. The monoisotopic (exact) mass is 389 g/mol. The minimum absolute atomic E-state index is 0.120. The average molecular weight is 391 g/mol. The lowest BCUT2D eigenvalue weighted by Crippen LogP contribution is -2.42. The summed E-state index contributed by atoms with van der Waals surface area (Å²) in [6.45, 7) is 8.23. The van der Waals surface area contributed by atoms with Crippen LogP contribution in [-0.2, 0) is 10.7 Å². The molecule has 1 rings (SSSR count). The van der Waals surface area contributed by atoms with E-state index in [1.54, 1.807) is 0 Å². The molecule has 0 aliphatic carbocycles. The Morgan fingerprint density at radius 2 is 1.47 bits per heavy atom. The molecule has 0 unspecified atom stereocenters. The van der Waals surface area contributed by atoms with E-state index in [0.717, 1.165) is 16.7 Å². The fourth-order valence-corrected chi connectivity index (χ4v) is 3.28. The third-order valence-corrected chi connectivity index (χ3v) is 4.29. The van der Waals surface area contributed by atoms with Crippen molar-refractivity contribution in [2.45, 2.75) is 50.4 Å². The van der Waals surface area contributed by atoms with Crippen LogP contribution < -0.4 is 0 Å². The Balaban J connectivity index is 3.31. The average Bonchev–Trinajstić information content (AvgIpc) is 2.36. The van der Waals surface area contributed by atoms with E-state index in [-0.39, 0.29) is 18.0 Å². The molecule has 1 aromatic carbocycles. The van der Waals surface area contributed by atoms with E-state index in [4.69, 9.17) is 0 Å². The lowest BCUT2D eigenvalue weighted by molar-refractivity contribution is 0.0642. The Bertz CT molecular complexity index is 414. The summed E-state index contributed by atoms with van der Waals surface area (Å²) in [5.74, 6) is 0.120. The molecule has 1 aromatic rings. The molecule has 0 atom stereocenters. The number of nitrogens with zero attached hydrogens (tertiary/aromatic N) is 1. The number of benzene rings is 1. The predicted octanol–water partition coefficient (Wildman–Crippen LogP) is 4.74. The van der Waals surface area contributed by atoms with E-state index >= 15 is 0 Å². The van der Waals surface area contributed by atoms with E-state index in [0.29, 0.717) is 10.7 Å². The summed E-state index contributed by atoms with van der Waals surface area (Å²) in [7, 11) is 0. The van der Waals surface area contributed by atoms with Gasteiger partial charge in [-0.3, -0.25) is 4.79 Å². The van der Waals surface area contributed by atoms with Crippen molar-refractivity contribution in [3.63, 3.8) is 0 Å². The molecule has 0 bridgehead atoms. The maximum atomic E-state index is 12.9. The van der Waals surface area contributed by atoms with E-state index in [1.807, 2.05) is 23.1 Å². The van der Waals surface area contributed by atoms with Gasteiger partial charge in [0.05, 0.1) is 0 Å². The van der Waals surface area contributed by atoms with Crippen LogP contribution in [0.25, 0.3) is 0 Å². The zero-order valence-corrected chi connectivity index (χ0v) is 15.1. The topological polar surface area (TPSA) is 20.3 Å². The molecule has 0 N–H and O–H groups in total. The van der Waals surface area contributed by atoms with Crippen molar-refractivity contribution >= 4 is 37.8 Å². The maximum absolute atomic E-state index is 12.9. The first-order chi connectivity index (χ1) is 8.93. The molecule has 106 valence electrons. The summed E-state index contributed by atoms with van der Waals surface area (Å²) < 4.78 is 0. The second-order valence-electron chi connectivity index (χ2n) is 5.12. The minimum Gasteiger partial charge on any atom is -0.334 e. The van der Waals surface area contributed by atoms with Gasteiger partial charge in [0.1, 0.15) is 0 Å². The van der Waals surface area contributed by atoms with E-state index in [9.17, 15) is 4.79 Å². The third-order valence-electron chi connectivity index (χ3n) is 3.09. The SMILES string of the molecule is CC(C)N(C(=O)c1c(CBr)cccc1CBr)C(C)C. The molecule has 1 amide bonds. The quantitative estimate of drug-likeness (QED) is 0.665. The summed E-state index contributed by atoms with van der Waals surface area (Å²) in [5, 5.41) is 1.39. The number of hydrogen-bond acceptors (Lipinski definition) is 1. The van der Waals surface area contributed by atoms with Crippen LogP contribution >= 0.6 is 31.9 Å². The van der Waals surface area contributed by atoms with Crippen LogP contribution in [0, 0.1) is 0 Å². The van der Waals surface area contributed by atoms with Gasteiger partial charge in [-0.1, -0.05) is 50.1 Å². The molecule has 19 heavy (non-hydrogen) atoms. The van der Waals surface area contributed by atoms with Crippen LogP contribution in [0.5, 0.6) is 0 Å². The molecule has 0 aliphatic heterocycles. The first-order valence-corrected chi connectivity index (χ1v) is 8.73. The van der Waals surface area contributed by atoms with Crippen molar-refractivity contribution in [1.29, 1.82) is 0 Å². The molecule has 0 aliphatic rings. The smallest absolute Gasteiger partial charge is 0.254 e. The van der Waals surface area contributed by atoms with Crippen molar-refractivity contribution in [1.82, 2.24) is 4.90 Å². The fraction of sp³-hybridized carbons (Fsp3) is 0.533. The Labute approximate surface area is 132 Å². The number of hydrogen-bond donors (Lipinski definition) is 0. The number of amides is 1. The fourth-order valence-electron chi connectivity index (χ4n) is 2.35. The first kappa shape index (κ1) is 16.7.